The molecule has 1 aromatic carbocycles. The minimum Gasteiger partial charge on any atom is -0.399 e. The Morgan fingerprint density at radius 2 is 1.94 bits per heavy atom. The lowest BCUT2D eigenvalue weighted by Crippen LogP contribution is -2.01. The Kier molecular flexibility index (Phi) is 3.61. The van der Waals surface area contributed by atoms with E-state index in [2.05, 4.69) is 32.9 Å². The number of nitrogen functional groups attached to an aromatic ring is 1. The van der Waals surface area contributed by atoms with Crippen molar-refractivity contribution in [3.8, 4) is 0 Å². The number of aromatic nitrogens is 1. The molecule has 0 aliphatic heterocycles. The quantitative estimate of drug-likeness (QED) is 0.674. The molecule has 4 heteroatoms. The first-order valence-corrected chi connectivity index (χ1v) is 6.01. The van der Waals surface area contributed by atoms with Crippen LogP contribution in [0.3, 0.4) is 0 Å². The van der Waals surface area contributed by atoms with Crippen molar-refractivity contribution >= 4 is 34.0 Å². The molecule has 0 atom stereocenters. The number of hydrogen-bond donors (Lipinski definition) is 2. The molecule has 3 nitrogen and oxygen atoms in total. The molecule has 2 aromatic rings. The highest BCUT2D eigenvalue weighted by molar-refractivity contribution is 14.1. The maximum atomic E-state index is 5.69. The van der Waals surface area contributed by atoms with Gasteiger partial charge in [0.1, 0.15) is 0 Å². The summed E-state index contributed by atoms with van der Waals surface area (Å²) >= 11 is 2.27. The minimum absolute atomic E-state index is 0.791. The molecule has 0 radical (unpaired) electrons. The van der Waals surface area contributed by atoms with E-state index in [9.17, 15) is 0 Å². The van der Waals surface area contributed by atoms with Crippen molar-refractivity contribution in [3.63, 3.8) is 0 Å². The topological polar surface area (TPSA) is 50.9 Å². The van der Waals surface area contributed by atoms with Crippen LogP contribution < -0.4 is 11.1 Å². The molecular formula is C12H12IN3. The minimum atomic E-state index is 0.791. The first-order chi connectivity index (χ1) is 7.75. The average molecular weight is 325 g/mol. The molecule has 82 valence electrons. The zero-order valence-corrected chi connectivity index (χ0v) is 10.8. The summed E-state index contributed by atoms with van der Waals surface area (Å²) in [6.45, 7) is 0.794. The predicted molar refractivity (Wildman–Crippen MR) is 75.1 cm³/mol. The van der Waals surface area contributed by atoms with Crippen molar-refractivity contribution in [2.45, 2.75) is 6.54 Å². The summed E-state index contributed by atoms with van der Waals surface area (Å²) in [7, 11) is 0. The first-order valence-electron chi connectivity index (χ1n) is 4.93. The monoisotopic (exact) mass is 325 g/mol. The van der Waals surface area contributed by atoms with Gasteiger partial charge in [0.15, 0.2) is 0 Å². The molecule has 3 N–H and O–H groups in total. The molecule has 0 aliphatic rings. The number of benzene rings is 1. The van der Waals surface area contributed by atoms with Gasteiger partial charge in [0, 0.05) is 33.9 Å². The van der Waals surface area contributed by atoms with E-state index in [-0.39, 0.29) is 0 Å². The van der Waals surface area contributed by atoms with Crippen LogP contribution in [0.4, 0.5) is 11.4 Å². The van der Waals surface area contributed by atoms with Gasteiger partial charge in [0.2, 0.25) is 0 Å². The second-order valence-electron chi connectivity index (χ2n) is 3.45. The van der Waals surface area contributed by atoms with Gasteiger partial charge in [0.05, 0.1) is 0 Å². The molecule has 1 aromatic heterocycles. The third-order valence-electron chi connectivity index (χ3n) is 2.23. The fourth-order valence-corrected chi connectivity index (χ4v) is 2.10. The standard InChI is InChI=1S/C12H12IN3/c13-11-7-10(14)1-2-12(11)16-8-9-3-5-15-6-4-9/h1-7,16H,8,14H2. The van der Waals surface area contributed by atoms with Crippen LogP contribution in [0.1, 0.15) is 5.56 Å². The van der Waals surface area contributed by atoms with Crippen LogP contribution in [0.2, 0.25) is 0 Å². The second-order valence-corrected chi connectivity index (χ2v) is 4.61. The summed E-state index contributed by atoms with van der Waals surface area (Å²) in [6, 6.07) is 9.85. The van der Waals surface area contributed by atoms with Crippen LogP contribution in [0, 0.1) is 3.57 Å². The average Bonchev–Trinajstić information content (AvgIpc) is 2.29. The van der Waals surface area contributed by atoms with Gasteiger partial charge in [0.25, 0.3) is 0 Å². The van der Waals surface area contributed by atoms with Gasteiger partial charge in [-0.3, -0.25) is 4.98 Å². The van der Waals surface area contributed by atoms with Crippen molar-refractivity contribution in [1.29, 1.82) is 0 Å². The molecule has 0 saturated heterocycles. The highest BCUT2D eigenvalue weighted by Crippen LogP contribution is 2.21. The molecule has 2 rings (SSSR count). The molecule has 1 heterocycles. The Bertz CT molecular complexity index is 471. The number of nitrogens with zero attached hydrogens (tertiary/aromatic N) is 1. The largest absolute Gasteiger partial charge is 0.399 e. The molecule has 0 amide bonds. The zero-order valence-electron chi connectivity index (χ0n) is 8.65. The van der Waals surface area contributed by atoms with Crippen LogP contribution in [-0.4, -0.2) is 4.98 Å². The van der Waals surface area contributed by atoms with Crippen molar-refractivity contribution in [2.24, 2.45) is 0 Å². The van der Waals surface area contributed by atoms with Crippen molar-refractivity contribution in [3.05, 3.63) is 51.9 Å². The Hall–Kier alpha value is -1.30. The van der Waals surface area contributed by atoms with Crippen molar-refractivity contribution < 1.29 is 0 Å². The molecule has 0 aliphatic carbocycles. The number of rotatable bonds is 3. The Balaban J connectivity index is 2.05. The lowest BCUT2D eigenvalue weighted by atomic mass is 10.2. The van der Waals surface area contributed by atoms with Gasteiger partial charge < -0.3 is 11.1 Å². The fourth-order valence-electron chi connectivity index (χ4n) is 1.37. The van der Waals surface area contributed by atoms with Crippen molar-refractivity contribution in [2.75, 3.05) is 11.1 Å². The third-order valence-corrected chi connectivity index (χ3v) is 3.12. The van der Waals surface area contributed by atoms with E-state index in [0.717, 1.165) is 21.5 Å². The zero-order chi connectivity index (χ0) is 11.4. The molecule has 0 fully saturated rings. The molecule has 0 spiro atoms. The molecule has 0 saturated carbocycles. The van der Waals surface area contributed by atoms with E-state index in [1.54, 1.807) is 12.4 Å². The smallest absolute Gasteiger partial charge is 0.0480 e. The number of pyridine rings is 1. The molecule has 0 unspecified atom stereocenters. The van der Waals surface area contributed by atoms with Crippen LogP contribution in [0.15, 0.2) is 42.7 Å². The van der Waals surface area contributed by atoms with Crippen LogP contribution >= 0.6 is 22.6 Å². The Morgan fingerprint density at radius 1 is 1.19 bits per heavy atom. The van der Waals surface area contributed by atoms with E-state index in [1.165, 1.54) is 5.56 Å². The predicted octanol–water partition coefficient (Wildman–Crippen LogP) is 2.88. The number of halogens is 1. The van der Waals surface area contributed by atoms with E-state index in [4.69, 9.17) is 5.73 Å². The van der Waals surface area contributed by atoms with Crippen LogP contribution in [0.5, 0.6) is 0 Å². The Labute approximate surface area is 108 Å². The lowest BCUT2D eigenvalue weighted by molar-refractivity contribution is 1.12. The van der Waals surface area contributed by atoms with Gasteiger partial charge >= 0.3 is 0 Å². The molecular weight excluding hydrogens is 313 g/mol. The van der Waals surface area contributed by atoms with E-state index in [0.29, 0.717) is 0 Å². The van der Waals surface area contributed by atoms with Gasteiger partial charge in [-0.25, -0.2) is 0 Å². The van der Waals surface area contributed by atoms with Crippen LogP contribution in [0.25, 0.3) is 0 Å². The number of nitrogens with one attached hydrogen (secondary N) is 1. The fraction of sp³-hybridized carbons (Fsp3) is 0.0833. The van der Waals surface area contributed by atoms with Gasteiger partial charge in [-0.2, -0.15) is 0 Å². The van der Waals surface area contributed by atoms with Crippen molar-refractivity contribution in [1.82, 2.24) is 4.98 Å². The highest BCUT2D eigenvalue weighted by atomic mass is 127. The maximum Gasteiger partial charge on any atom is 0.0480 e. The summed E-state index contributed by atoms with van der Waals surface area (Å²) in [4.78, 5) is 3.98. The normalized spacial score (nSPS) is 10.1. The number of nitrogens with two attached hydrogens (primary N) is 1. The highest BCUT2D eigenvalue weighted by Gasteiger charge is 1.99. The number of anilines is 2. The van der Waals surface area contributed by atoms with Gasteiger partial charge in [-0.15, -0.1) is 0 Å². The summed E-state index contributed by atoms with van der Waals surface area (Å²) in [6.07, 6.45) is 3.59. The second kappa shape index (κ2) is 5.16. The summed E-state index contributed by atoms with van der Waals surface area (Å²) < 4.78 is 1.13. The molecule has 0 bridgehead atoms. The van der Waals surface area contributed by atoms with Gasteiger partial charge in [-0.05, 0) is 58.5 Å². The molecule has 16 heavy (non-hydrogen) atoms. The maximum absolute atomic E-state index is 5.69. The SMILES string of the molecule is Nc1ccc(NCc2ccncc2)c(I)c1. The number of hydrogen-bond acceptors (Lipinski definition) is 3. The van der Waals surface area contributed by atoms with Crippen LogP contribution in [-0.2, 0) is 6.54 Å². The van der Waals surface area contributed by atoms with E-state index in [1.807, 2.05) is 30.3 Å². The third kappa shape index (κ3) is 2.85. The summed E-state index contributed by atoms with van der Waals surface area (Å²) in [5.74, 6) is 0. The Morgan fingerprint density at radius 3 is 2.62 bits per heavy atom. The van der Waals surface area contributed by atoms with E-state index < -0.39 is 0 Å². The lowest BCUT2D eigenvalue weighted by Gasteiger charge is -2.08. The first kappa shape index (κ1) is 11.2. The van der Waals surface area contributed by atoms with E-state index >= 15 is 0 Å². The summed E-state index contributed by atoms with van der Waals surface area (Å²) in [5, 5.41) is 3.37. The van der Waals surface area contributed by atoms with Gasteiger partial charge in [-0.1, -0.05) is 0 Å². The summed E-state index contributed by atoms with van der Waals surface area (Å²) in [5.41, 5.74) is 8.80.